The zero-order chi connectivity index (χ0) is 15.4. The molecule has 4 heteroatoms. The molecule has 1 heterocycles. The summed E-state index contributed by atoms with van der Waals surface area (Å²) < 4.78 is 6.89. The van der Waals surface area contributed by atoms with Crippen molar-refractivity contribution < 1.29 is 9.53 Å². The third kappa shape index (κ3) is 3.69. The van der Waals surface area contributed by atoms with E-state index in [1.54, 1.807) is 0 Å². The van der Waals surface area contributed by atoms with Crippen molar-refractivity contribution in [3.63, 3.8) is 0 Å². The first-order chi connectivity index (χ1) is 10.7. The van der Waals surface area contributed by atoms with Crippen LogP contribution in [0.15, 0.2) is 59.1 Å². The number of likely N-dealkylation sites (tertiary alicyclic amines) is 1. The summed E-state index contributed by atoms with van der Waals surface area (Å²) in [5.74, 6) is 0.999. The van der Waals surface area contributed by atoms with E-state index < -0.39 is 0 Å². The van der Waals surface area contributed by atoms with Crippen LogP contribution in [-0.2, 0) is 0 Å². The van der Waals surface area contributed by atoms with Gasteiger partial charge in [0.1, 0.15) is 11.9 Å². The number of carbonyl (C=O) groups excluding carboxylic acids is 1. The second-order valence-corrected chi connectivity index (χ2v) is 6.35. The van der Waals surface area contributed by atoms with Crippen molar-refractivity contribution in [1.82, 2.24) is 4.90 Å². The summed E-state index contributed by atoms with van der Waals surface area (Å²) in [6.45, 7) is 1.48. The number of hydrogen-bond acceptors (Lipinski definition) is 2. The number of rotatable bonds is 3. The van der Waals surface area contributed by atoms with E-state index in [1.165, 1.54) is 0 Å². The molecular formula is C18H18BrNO2. The van der Waals surface area contributed by atoms with Crippen LogP contribution in [0.2, 0.25) is 0 Å². The minimum absolute atomic E-state index is 0.0967. The van der Waals surface area contributed by atoms with Crippen molar-refractivity contribution in [1.29, 1.82) is 0 Å². The summed E-state index contributed by atoms with van der Waals surface area (Å²) in [6.07, 6.45) is 1.93. The van der Waals surface area contributed by atoms with Gasteiger partial charge < -0.3 is 9.64 Å². The molecule has 0 aromatic heterocycles. The second-order valence-electron chi connectivity index (χ2n) is 5.43. The van der Waals surface area contributed by atoms with E-state index in [9.17, 15) is 4.79 Å². The Morgan fingerprint density at radius 2 is 1.77 bits per heavy atom. The number of benzene rings is 2. The first kappa shape index (κ1) is 15.1. The van der Waals surface area contributed by atoms with Crippen LogP contribution in [0.25, 0.3) is 0 Å². The molecule has 0 N–H and O–H groups in total. The largest absolute Gasteiger partial charge is 0.490 e. The normalized spacial score (nSPS) is 15.6. The van der Waals surface area contributed by atoms with Gasteiger partial charge in [0.25, 0.3) is 5.91 Å². The van der Waals surface area contributed by atoms with Crippen LogP contribution in [0, 0.1) is 0 Å². The van der Waals surface area contributed by atoms with Crippen molar-refractivity contribution in [2.45, 2.75) is 18.9 Å². The van der Waals surface area contributed by atoms with E-state index in [4.69, 9.17) is 4.74 Å². The minimum Gasteiger partial charge on any atom is -0.490 e. The van der Waals surface area contributed by atoms with E-state index in [-0.39, 0.29) is 12.0 Å². The minimum atomic E-state index is 0.0967. The lowest BCUT2D eigenvalue weighted by molar-refractivity contribution is 0.0595. The molecule has 1 aliphatic rings. The van der Waals surface area contributed by atoms with Crippen LogP contribution in [0.1, 0.15) is 23.2 Å². The Bertz CT molecular complexity index is 637. The average molecular weight is 360 g/mol. The van der Waals surface area contributed by atoms with Gasteiger partial charge in [0, 0.05) is 36.0 Å². The maximum atomic E-state index is 12.5. The lowest BCUT2D eigenvalue weighted by Gasteiger charge is -2.32. The number of hydrogen-bond donors (Lipinski definition) is 0. The molecule has 0 aliphatic carbocycles. The monoisotopic (exact) mass is 359 g/mol. The summed E-state index contributed by atoms with van der Waals surface area (Å²) in [5, 5.41) is 0. The highest BCUT2D eigenvalue weighted by atomic mass is 79.9. The van der Waals surface area contributed by atoms with Gasteiger partial charge in [-0.1, -0.05) is 40.2 Å². The molecule has 0 bridgehead atoms. The smallest absolute Gasteiger partial charge is 0.253 e. The number of ether oxygens (including phenoxy) is 1. The molecule has 2 aromatic rings. The van der Waals surface area contributed by atoms with Gasteiger partial charge in [0.05, 0.1) is 0 Å². The predicted octanol–water partition coefficient (Wildman–Crippen LogP) is 4.13. The topological polar surface area (TPSA) is 29.5 Å². The van der Waals surface area contributed by atoms with Crippen molar-refractivity contribution in [3.8, 4) is 5.75 Å². The lowest BCUT2D eigenvalue weighted by atomic mass is 10.1. The Kier molecular flexibility index (Phi) is 4.78. The number of carbonyl (C=O) groups is 1. The Hall–Kier alpha value is -1.81. The van der Waals surface area contributed by atoms with Gasteiger partial charge >= 0.3 is 0 Å². The van der Waals surface area contributed by atoms with Gasteiger partial charge in [0.2, 0.25) is 0 Å². The third-order valence-electron chi connectivity index (χ3n) is 3.85. The van der Waals surface area contributed by atoms with Crippen molar-refractivity contribution in [3.05, 3.63) is 64.6 Å². The maximum absolute atomic E-state index is 12.5. The lowest BCUT2D eigenvalue weighted by Crippen LogP contribution is -2.41. The summed E-state index contributed by atoms with van der Waals surface area (Å²) in [7, 11) is 0. The zero-order valence-corrected chi connectivity index (χ0v) is 13.8. The Labute approximate surface area is 139 Å². The van der Waals surface area contributed by atoms with Crippen LogP contribution in [0.4, 0.5) is 0 Å². The highest BCUT2D eigenvalue weighted by Gasteiger charge is 2.24. The van der Waals surface area contributed by atoms with E-state index in [1.807, 2.05) is 59.5 Å². The summed E-state index contributed by atoms with van der Waals surface area (Å²) >= 11 is 3.41. The van der Waals surface area contributed by atoms with Crippen molar-refractivity contribution in [2.75, 3.05) is 13.1 Å². The molecular weight excluding hydrogens is 342 g/mol. The molecule has 1 fully saturated rings. The number of amides is 1. The number of piperidine rings is 1. The summed E-state index contributed by atoms with van der Waals surface area (Å²) in [6, 6.07) is 17.4. The molecule has 2 aromatic carbocycles. The van der Waals surface area contributed by atoms with Gasteiger partial charge in [-0.3, -0.25) is 4.79 Å². The zero-order valence-electron chi connectivity index (χ0n) is 12.2. The van der Waals surface area contributed by atoms with Gasteiger partial charge in [-0.05, 0) is 30.3 Å². The molecule has 1 saturated heterocycles. The fourth-order valence-corrected chi connectivity index (χ4v) is 3.07. The van der Waals surface area contributed by atoms with Gasteiger partial charge in [0.15, 0.2) is 0 Å². The van der Waals surface area contributed by atoms with E-state index >= 15 is 0 Å². The first-order valence-corrected chi connectivity index (χ1v) is 8.28. The Morgan fingerprint density at radius 3 is 2.45 bits per heavy atom. The van der Waals surface area contributed by atoms with Gasteiger partial charge in [-0.25, -0.2) is 0 Å². The third-order valence-corrected chi connectivity index (χ3v) is 4.34. The predicted molar refractivity (Wildman–Crippen MR) is 90.1 cm³/mol. The molecule has 0 saturated carbocycles. The fourth-order valence-electron chi connectivity index (χ4n) is 2.67. The van der Waals surface area contributed by atoms with E-state index in [0.29, 0.717) is 0 Å². The molecule has 3 nitrogen and oxygen atoms in total. The highest BCUT2D eigenvalue weighted by Crippen LogP contribution is 2.20. The standard InChI is InChI=1S/C18H18BrNO2/c19-15-6-4-5-14(13-15)18(21)20-11-9-17(10-12-20)22-16-7-2-1-3-8-16/h1-8,13,17H,9-12H2. The molecule has 3 rings (SSSR count). The molecule has 114 valence electrons. The highest BCUT2D eigenvalue weighted by molar-refractivity contribution is 9.10. The molecule has 0 unspecified atom stereocenters. The molecule has 0 atom stereocenters. The van der Waals surface area contributed by atoms with Gasteiger partial charge in [-0.2, -0.15) is 0 Å². The number of para-hydroxylation sites is 1. The maximum Gasteiger partial charge on any atom is 0.253 e. The van der Waals surface area contributed by atoms with Crippen LogP contribution in [-0.4, -0.2) is 30.0 Å². The molecule has 0 radical (unpaired) electrons. The SMILES string of the molecule is O=C(c1cccc(Br)c1)N1CCC(Oc2ccccc2)CC1. The average Bonchev–Trinajstić information content (AvgIpc) is 2.56. The van der Waals surface area contributed by atoms with Crippen LogP contribution < -0.4 is 4.74 Å². The van der Waals surface area contributed by atoms with Gasteiger partial charge in [-0.15, -0.1) is 0 Å². The van der Waals surface area contributed by atoms with Crippen LogP contribution in [0.5, 0.6) is 5.75 Å². The van der Waals surface area contributed by atoms with E-state index in [2.05, 4.69) is 15.9 Å². The summed E-state index contributed by atoms with van der Waals surface area (Å²) in [4.78, 5) is 14.4. The molecule has 1 amide bonds. The first-order valence-electron chi connectivity index (χ1n) is 7.49. The van der Waals surface area contributed by atoms with Crippen LogP contribution >= 0.6 is 15.9 Å². The van der Waals surface area contributed by atoms with Crippen molar-refractivity contribution in [2.24, 2.45) is 0 Å². The number of halogens is 1. The molecule has 1 aliphatic heterocycles. The summed E-state index contributed by atoms with van der Waals surface area (Å²) in [5.41, 5.74) is 0.733. The van der Waals surface area contributed by atoms with Crippen LogP contribution in [0.3, 0.4) is 0 Å². The molecule has 0 spiro atoms. The van der Waals surface area contributed by atoms with E-state index in [0.717, 1.165) is 41.7 Å². The second kappa shape index (κ2) is 6.97. The quantitative estimate of drug-likeness (QED) is 0.824. The Morgan fingerprint density at radius 1 is 1.05 bits per heavy atom. The Balaban J connectivity index is 1.56. The fraction of sp³-hybridized carbons (Fsp3) is 0.278. The number of nitrogens with zero attached hydrogens (tertiary/aromatic N) is 1. The van der Waals surface area contributed by atoms with Crippen molar-refractivity contribution >= 4 is 21.8 Å². The molecule has 22 heavy (non-hydrogen) atoms.